The fourth-order valence-electron chi connectivity index (χ4n) is 3.83. The van der Waals surface area contributed by atoms with Crippen LogP contribution in [0.5, 0.6) is 11.5 Å². The van der Waals surface area contributed by atoms with E-state index in [9.17, 15) is 9.59 Å². The first-order valence-electron chi connectivity index (χ1n) is 10.9. The Balaban J connectivity index is 1.48. The monoisotopic (exact) mass is 447 g/mol. The highest BCUT2D eigenvalue weighted by molar-refractivity contribution is 6.11. The van der Waals surface area contributed by atoms with Crippen LogP contribution in [0.1, 0.15) is 32.4 Å². The Bertz CT molecular complexity index is 1440. The van der Waals surface area contributed by atoms with Crippen LogP contribution in [-0.4, -0.2) is 16.7 Å². The summed E-state index contributed by atoms with van der Waals surface area (Å²) in [5.74, 6) is -0.00526. The van der Waals surface area contributed by atoms with Gasteiger partial charge in [0.25, 0.3) is 0 Å². The highest BCUT2D eigenvalue weighted by atomic mass is 16.5. The molecule has 0 amide bonds. The molecule has 5 heteroatoms. The molecule has 1 atom stereocenters. The van der Waals surface area contributed by atoms with E-state index < -0.39 is 12.1 Å². The number of para-hydroxylation sites is 3. The fraction of sp³-hybridized carbons (Fsp3) is 0.0345. The number of carbonyl (C=O) groups is 2. The lowest BCUT2D eigenvalue weighted by atomic mass is 9.99. The summed E-state index contributed by atoms with van der Waals surface area (Å²) in [6.07, 6.45) is 0.543. The predicted octanol–water partition coefficient (Wildman–Crippen LogP) is 6.74. The van der Waals surface area contributed by atoms with Crippen molar-refractivity contribution in [3.8, 4) is 11.5 Å². The van der Waals surface area contributed by atoms with Crippen LogP contribution < -0.4 is 4.74 Å². The minimum absolute atomic E-state index is 0.235. The smallest absolute Gasteiger partial charge is 0.343 e. The van der Waals surface area contributed by atoms with Crippen LogP contribution in [0.25, 0.3) is 10.9 Å². The maximum absolute atomic E-state index is 13.6. The Morgan fingerprint density at radius 1 is 0.676 bits per heavy atom. The molecule has 1 aromatic heterocycles. The van der Waals surface area contributed by atoms with Crippen molar-refractivity contribution in [3.63, 3.8) is 0 Å². The van der Waals surface area contributed by atoms with Crippen LogP contribution >= 0.6 is 0 Å². The number of ether oxygens (including phenoxy) is 2. The van der Waals surface area contributed by atoms with Gasteiger partial charge in [0, 0.05) is 28.2 Å². The lowest BCUT2D eigenvalue weighted by molar-refractivity contribution is 0.0278. The normalized spacial score (nSPS) is 11.6. The minimum Gasteiger partial charge on any atom is -0.456 e. The molecule has 1 unspecified atom stereocenters. The highest BCUT2D eigenvalue weighted by Crippen LogP contribution is 2.31. The molecule has 1 N–H and O–H groups in total. The standard InChI is InChI=1S/C29H21NO4/c31-27(24-19-30-25-17-9-7-15-22(24)25)28(20-11-3-1-4-12-20)34-29(32)23-16-8-10-18-26(23)33-21-13-5-2-6-14-21/h1-19,28,30H. The van der Waals surface area contributed by atoms with Crippen LogP contribution in [0.4, 0.5) is 0 Å². The third-order valence-electron chi connectivity index (χ3n) is 5.50. The maximum Gasteiger partial charge on any atom is 0.343 e. The number of esters is 1. The fourth-order valence-corrected chi connectivity index (χ4v) is 3.83. The third-order valence-corrected chi connectivity index (χ3v) is 5.50. The van der Waals surface area contributed by atoms with Crippen molar-refractivity contribution < 1.29 is 19.1 Å². The first kappa shape index (κ1) is 21.2. The number of rotatable bonds is 7. The van der Waals surface area contributed by atoms with Gasteiger partial charge in [0.05, 0.1) is 0 Å². The van der Waals surface area contributed by atoms with Gasteiger partial charge >= 0.3 is 5.97 Å². The Morgan fingerprint density at radius 2 is 1.32 bits per heavy atom. The summed E-state index contributed by atoms with van der Waals surface area (Å²) >= 11 is 0. The average molecular weight is 447 g/mol. The number of aromatic amines is 1. The van der Waals surface area contributed by atoms with Crippen molar-refractivity contribution in [1.82, 2.24) is 4.98 Å². The number of aromatic nitrogens is 1. The number of fused-ring (bicyclic) bond motifs is 1. The lowest BCUT2D eigenvalue weighted by Crippen LogP contribution is -2.20. The van der Waals surface area contributed by atoms with Gasteiger partial charge in [-0.1, -0.05) is 78.9 Å². The van der Waals surface area contributed by atoms with Gasteiger partial charge < -0.3 is 14.5 Å². The second kappa shape index (κ2) is 9.46. The van der Waals surface area contributed by atoms with Crippen LogP contribution in [0.15, 0.2) is 115 Å². The summed E-state index contributed by atoms with van der Waals surface area (Å²) in [6.45, 7) is 0. The number of hydrogen-bond acceptors (Lipinski definition) is 4. The van der Waals surface area contributed by atoms with Gasteiger partial charge in [0.15, 0.2) is 6.10 Å². The molecule has 0 aliphatic carbocycles. The zero-order valence-electron chi connectivity index (χ0n) is 18.2. The Kier molecular flexibility index (Phi) is 5.91. The highest BCUT2D eigenvalue weighted by Gasteiger charge is 2.29. The summed E-state index contributed by atoms with van der Waals surface area (Å²) in [7, 11) is 0. The van der Waals surface area contributed by atoms with Crippen LogP contribution in [0, 0.1) is 0 Å². The molecule has 0 saturated heterocycles. The van der Waals surface area contributed by atoms with E-state index in [0.29, 0.717) is 22.6 Å². The number of ketones is 1. The first-order valence-corrected chi connectivity index (χ1v) is 10.9. The average Bonchev–Trinajstić information content (AvgIpc) is 3.32. The van der Waals surface area contributed by atoms with E-state index in [2.05, 4.69) is 4.98 Å². The molecule has 0 radical (unpaired) electrons. The van der Waals surface area contributed by atoms with E-state index in [-0.39, 0.29) is 11.3 Å². The molecule has 0 bridgehead atoms. The Hall–Kier alpha value is -4.64. The molecule has 0 saturated carbocycles. The third kappa shape index (κ3) is 4.32. The van der Waals surface area contributed by atoms with Gasteiger partial charge in [0.1, 0.15) is 17.1 Å². The molecule has 5 rings (SSSR count). The van der Waals surface area contributed by atoms with Crippen LogP contribution in [0.2, 0.25) is 0 Å². The zero-order chi connectivity index (χ0) is 23.3. The van der Waals surface area contributed by atoms with E-state index in [0.717, 1.165) is 10.9 Å². The van der Waals surface area contributed by atoms with Gasteiger partial charge in [0.2, 0.25) is 5.78 Å². The molecule has 1 heterocycles. The topological polar surface area (TPSA) is 68.4 Å². The summed E-state index contributed by atoms with van der Waals surface area (Å²) in [4.78, 5) is 30.1. The van der Waals surface area contributed by atoms with E-state index >= 15 is 0 Å². The lowest BCUT2D eigenvalue weighted by Gasteiger charge is -2.18. The molecular formula is C29H21NO4. The molecule has 0 aliphatic heterocycles. The number of nitrogens with one attached hydrogen (secondary N) is 1. The SMILES string of the molecule is O=C(OC(C(=O)c1c[nH]c2ccccc12)c1ccccc1)c1ccccc1Oc1ccccc1. The van der Waals surface area contributed by atoms with E-state index in [1.165, 1.54) is 0 Å². The Morgan fingerprint density at radius 3 is 2.12 bits per heavy atom. The molecule has 5 nitrogen and oxygen atoms in total. The summed E-state index contributed by atoms with van der Waals surface area (Å²) in [5, 5.41) is 0.775. The van der Waals surface area contributed by atoms with Crippen LogP contribution in [0.3, 0.4) is 0 Å². The van der Waals surface area contributed by atoms with E-state index in [1.54, 1.807) is 54.7 Å². The molecule has 0 spiro atoms. The largest absolute Gasteiger partial charge is 0.456 e. The molecule has 34 heavy (non-hydrogen) atoms. The molecule has 0 fully saturated rings. The van der Waals surface area contributed by atoms with Gasteiger partial charge in [-0.05, 0) is 30.3 Å². The van der Waals surface area contributed by atoms with Crippen LogP contribution in [-0.2, 0) is 4.74 Å². The van der Waals surface area contributed by atoms with Gasteiger partial charge in [-0.3, -0.25) is 4.79 Å². The van der Waals surface area contributed by atoms with Crippen molar-refractivity contribution >= 4 is 22.7 Å². The van der Waals surface area contributed by atoms with Crippen molar-refractivity contribution in [2.24, 2.45) is 0 Å². The quantitative estimate of drug-likeness (QED) is 0.222. The van der Waals surface area contributed by atoms with Crippen molar-refractivity contribution in [3.05, 3.63) is 132 Å². The maximum atomic E-state index is 13.6. The van der Waals surface area contributed by atoms with Gasteiger partial charge in [-0.25, -0.2) is 4.79 Å². The minimum atomic E-state index is -1.11. The van der Waals surface area contributed by atoms with Crippen molar-refractivity contribution in [2.45, 2.75) is 6.10 Å². The second-order valence-corrected chi connectivity index (χ2v) is 7.72. The predicted molar refractivity (Wildman–Crippen MR) is 130 cm³/mol. The second-order valence-electron chi connectivity index (χ2n) is 7.72. The summed E-state index contributed by atoms with van der Waals surface area (Å²) in [6, 6.07) is 32.6. The molecule has 5 aromatic rings. The van der Waals surface area contributed by atoms with E-state index in [4.69, 9.17) is 9.47 Å². The van der Waals surface area contributed by atoms with Gasteiger partial charge in [-0.2, -0.15) is 0 Å². The molecule has 4 aromatic carbocycles. The van der Waals surface area contributed by atoms with E-state index in [1.807, 2.05) is 60.7 Å². The zero-order valence-corrected chi connectivity index (χ0v) is 18.2. The summed E-state index contributed by atoms with van der Waals surface area (Å²) in [5.41, 5.74) is 2.13. The van der Waals surface area contributed by atoms with Crippen molar-refractivity contribution in [2.75, 3.05) is 0 Å². The number of Topliss-reactive ketones (excluding diaryl/α,β-unsaturated/α-hetero) is 1. The Labute approximate surface area is 196 Å². The molecule has 0 aliphatic rings. The van der Waals surface area contributed by atoms with Gasteiger partial charge in [-0.15, -0.1) is 0 Å². The first-order chi connectivity index (χ1) is 16.7. The number of H-pyrrole nitrogens is 1. The summed E-state index contributed by atoms with van der Waals surface area (Å²) < 4.78 is 11.8. The number of carbonyl (C=O) groups excluding carboxylic acids is 2. The number of benzene rings is 4. The van der Waals surface area contributed by atoms with Crippen molar-refractivity contribution in [1.29, 1.82) is 0 Å². The number of hydrogen-bond donors (Lipinski definition) is 1. The molecule has 166 valence electrons. The molecular weight excluding hydrogens is 426 g/mol.